The van der Waals surface area contributed by atoms with Crippen molar-refractivity contribution in [3.05, 3.63) is 59.7 Å². The summed E-state index contributed by atoms with van der Waals surface area (Å²) in [5.74, 6) is 0.853. The largest absolute Gasteiger partial charge is 0.497 e. The van der Waals surface area contributed by atoms with Crippen molar-refractivity contribution in [3.63, 3.8) is 0 Å². The van der Waals surface area contributed by atoms with Gasteiger partial charge in [-0.05, 0) is 30.7 Å². The van der Waals surface area contributed by atoms with Gasteiger partial charge in [-0.25, -0.2) is 0 Å². The molecule has 19 heavy (non-hydrogen) atoms. The average molecular weight is 257 g/mol. The molecule has 0 amide bonds. The van der Waals surface area contributed by atoms with Gasteiger partial charge in [0.1, 0.15) is 5.75 Å². The molecule has 0 saturated heterocycles. The van der Waals surface area contributed by atoms with E-state index < -0.39 is 0 Å². The molecule has 0 spiro atoms. The SMILES string of the molecule is COc1ccc(C(C)Nc2ccccc2CO)cc1. The molecule has 2 N–H and O–H groups in total. The fourth-order valence-electron chi connectivity index (χ4n) is 2.01. The predicted octanol–water partition coefficient (Wildman–Crippen LogP) is 3.36. The first-order valence-corrected chi connectivity index (χ1v) is 6.34. The van der Waals surface area contributed by atoms with Gasteiger partial charge in [0, 0.05) is 17.3 Å². The zero-order chi connectivity index (χ0) is 13.7. The number of benzene rings is 2. The number of hydrogen-bond acceptors (Lipinski definition) is 3. The van der Waals surface area contributed by atoms with Crippen LogP contribution in [0.25, 0.3) is 0 Å². The molecule has 0 heterocycles. The van der Waals surface area contributed by atoms with E-state index in [1.54, 1.807) is 7.11 Å². The van der Waals surface area contributed by atoms with Crippen molar-refractivity contribution in [2.45, 2.75) is 19.6 Å². The molecule has 0 fully saturated rings. The van der Waals surface area contributed by atoms with E-state index in [4.69, 9.17) is 4.74 Å². The van der Waals surface area contributed by atoms with Crippen molar-refractivity contribution in [1.82, 2.24) is 0 Å². The Labute approximate surface area is 113 Å². The van der Waals surface area contributed by atoms with Crippen LogP contribution in [0.15, 0.2) is 48.5 Å². The van der Waals surface area contributed by atoms with E-state index in [-0.39, 0.29) is 12.6 Å². The first kappa shape index (κ1) is 13.4. The fraction of sp³-hybridized carbons (Fsp3) is 0.250. The molecule has 2 aromatic rings. The number of aliphatic hydroxyl groups is 1. The number of para-hydroxylation sites is 1. The Hall–Kier alpha value is -2.00. The molecule has 3 heteroatoms. The Kier molecular flexibility index (Phi) is 4.42. The molecular weight excluding hydrogens is 238 g/mol. The molecule has 2 rings (SSSR count). The van der Waals surface area contributed by atoms with Crippen LogP contribution in [0.4, 0.5) is 5.69 Å². The zero-order valence-corrected chi connectivity index (χ0v) is 11.3. The topological polar surface area (TPSA) is 41.5 Å². The van der Waals surface area contributed by atoms with Crippen LogP contribution < -0.4 is 10.1 Å². The maximum atomic E-state index is 9.31. The maximum Gasteiger partial charge on any atom is 0.118 e. The summed E-state index contributed by atoms with van der Waals surface area (Å²) in [5.41, 5.74) is 3.05. The van der Waals surface area contributed by atoms with Crippen molar-refractivity contribution in [2.75, 3.05) is 12.4 Å². The van der Waals surface area contributed by atoms with E-state index in [2.05, 4.69) is 12.2 Å². The highest BCUT2D eigenvalue weighted by Crippen LogP contribution is 2.23. The van der Waals surface area contributed by atoms with E-state index in [9.17, 15) is 5.11 Å². The normalized spacial score (nSPS) is 11.9. The first-order valence-electron chi connectivity index (χ1n) is 6.34. The van der Waals surface area contributed by atoms with Crippen molar-refractivity contribution in [2.24, 2.45) is 0 Å². The van der Waals surface area contributed by atoms with Gasteiger partial charge in [-0.1, -0.05) is 30.3 Å². The average Bonchev–Trinajstić information content (AvgIpc) is 2.48. The molecule has 1 atom stereocenters. The number of methoxy groups -OCH3 is 1. The molecular formula is C16H19NO2. The van der Waals surface area contributed by atoms with E-state index in [1.807, 2.05) is 48.5 Å². The predicted molar refractivity (Wildman–Crippen MR) is 77.4 cm³/mol. The standard InChI is InChI=1S/C16H19NO2/c1-12(13-7-9-15(19-2)10-8-13)17-16-6-4-3-5-14(16)11-18/h3-10,12,17-18H,11H2,1-2H3. The van der Waals surface area contributed by atoms with Gasteiger partial charge in [0.15, 0.2) is 0 Å². The zero-order valence-electron chi connectivity index (χ0n) is 11.3. The highest BCUT2D eigenvalue weighted by atomic mass is 16.5. The lowest BCUT2D eigenvalue weighted by Crippen LogP contribution is -2.08. The Morgan fingerprint density at radius 3 is 2.42 bits per heavy atom. The Morgan fingerprint density at radius 1 is 1.11 bits per heavy atom. The van der Waals surface area contributed by atoms with E-state index >= 15 is 0 Å². The van der Waals surface area contributed by atoms with Gasteiger partial charge in [0.05, 0.1) is 13.7 Å². The number of ether oxygens (including phenoxy) is 1. The molecule has 0 bridgehead atoms. The van der Waals surface area contributed by atoms with Gasteiger partial charge in [-0.2, -0.15) is 0 Å². The number of nitrogens with one attached hydrogen (secondary N) is 1. The minimum Gasteiger partial charge on any atom is -0.497 e. The van der Waals surface area contributed by atoms with E-state index in [0.717, 1.165) is 17.0 Å². The van der Waals surface area contributed by atoms with Crippen LogP contribution in [-0.4, -0.2) is 12.2 Å². The Balaban J connectivity index is 2.13. The minimum atomic E-state index is 0.0402. The third kappa shape index (κ3) is 3.26. The summed E-state index contributed by atoms with van der Waals surface area (Å²) in [6.07, 6.45) is 0. The summed E-state index contributed by atoms with van der Waals surface area (Å²) in [4.78, 5) is 0. The number of anilines is 1. The quantitative estimate of drug-likeness (QED) is 0.863. The Bertz CT molecular complexity index is 523. The molecule has 0 radical (unpaired) electrons. The smallest absolute Gasteiger partial charge is 0.118 e. The van der Waals surface area contributed by atoms with Crippen LogP contribution in [-0.2, 0) is 6.61 Å². The monoisotopic (exact) mass is 257 g/mol. The summed E-state index contributed by atoms with van der Waals surface area (Å²) in [7, 11) is 1.66. The highest BCUT2D eigenvalue weighted by molar-refractivity contribution is 5.52. The van der Waals surface area contributed by atoms with Crippen LogP contribution in [0.1, 0.15) is 24.1 Å². The maximum absolute atomic E-state index is 9.31. The number of hydrogen-bond donors (Lipinski definition) is 2. The molecule has 2 aromatic carbocycles. The highest BCUT2D eigenvalue weighted by Gasteiger charge is 2.07. The lowest BCUT2D eigenvalue weighted by atomic mass is 10.1. The van der Waals surface area contributed by atoms with Gasteiger partial charge in [0.2, 0.25) is 0 Å². The summed E-state index contributed by atoms with van der Waals surface area (Å²) in [6, 6.07) is 15.9. The number of rotatable bonds is 5. The lowest BCUT2D eigenvalue weighted by molar-refractivity contribution is 0.282. The van der Waals surface area contributed by atoms with Gasteiger partial charge < -0.3 is 15.2 Å². The van der Waals surface area contributed by atoms with Crippen LogP contribution in [0.2, 0.25) is 0 Å². The Morgan fingerprint density at radius 2 is 1.79 bits per heavy atom. The molecule has 0 aliphatic rings. The van der Waals surface area contributed by atoms with E-state index in [0.29, 0.717) is 0 Å². The fourth-order valence-corrected chi connectivity index (χ4v) is 2.01. The van der Waals surface area contributed by atoms with Crippen molar-refractivity contribution in [1.29, 1.82) is 0 Å². The lowest BCUT2D eigenvalue weighted by Gasteiger charge is -2.18. The summed E-state index contributed by atoms with van der Waals surface area (Å²) < 4.78 is 5.15. The van der Waals surface area contributed by atoms with Crippen molar-refractivity contribution >= 4 is 5.69 Å². The van der Waals surface area contributed by atoms with Gasteiger partial charge >= 0.3 is 0 Å². The molecule has 0 aliphatic carbocycles. The van der Waals surface area contributed by atoms with Crippen LogP contribution >= 0.6 is 0 Å². The summed E-state index contributed by atoms with van der Waals surface area (Å²) >= 11 is 0. The van der Waals surface area contributed by atoms with Gasteiger partial charge in [-0.15, -0.1) is 0 Å². The second-order valence-electron chi connectivity index (χ2n) is 4.45. The second kappa shape index (κ2) is 6.25. The third-order valence-corrected chi connectivity index (χ3v) is 3.18. The molecule has 0 saturated carbocycles. The van der Waals surface area contributed by atoms with Crippen LogP contribution in [0, 0.1) is 0 Å². The third-order valence-electron chi connectivity index (χ3n) is 3.18. The van der Waals surface area contributed by atoms with Crippen molar-refractivity contribution in [3.8, 4) is 5.75 Å². The molecule has 3 nitrogen and oxygen atoms in total. The molecule has 100 valence electrons. The van der Waals surface area contributed by atoms with Crippen molar-refractivity contribution < 1.29 is 9.84 Å². The van der Waals surface area contributed by atoms with E-state index in [1.165, 1.54) is 5.56 Å². The summed E-state index contributed by atoms with van der Waals surface area (Å²) in [5, 5.41) is 12.7. The number of aliphatic hydroxyl groups excluding tert-OH is 1. The first-order chi connectivity index (χ1) is 9.24. The molecule has 0 aliphatic heterocycles. The van der Waals surface area contributed by atoms with Gasteiger partial charge in [0.25, 0.3) is 0 Å². The van der Waals surface area contributed by atoms with Crippen LogP contribution in [0.3, 0.4) is 0 Å². The summed E-state index contributed by atoms with van der Waals surface area (Å²) in [6.45, 7) is 2.13. The second-order valence-corrected chi connectivity index (χ2v) is 4.45. The van der Waals surface area contributed by atoms with Crippen LogP contribution in [0.5, 0.6) is 5.75 Å². The molecule has 0 aromatic heterocycles. The van der Waals surface area contributed by atoms with Gasteiger partial charge in [-0.3, -0.25) is 0 Å². The molecule has 1 unspecified atom stereocenters. The minimum absolute atomic E-state index is 0.0402.